The van der Waals surface area contributed by atoms with Gasteiger partial charge in [0.25, 0.3) is 0 Å². The van der Waals surface area contributed by atoms with E-state index in [0.717, 1.165) is 19.5 Å². The van der Waals surface area contributed by atoms with Gasteiger partial charge in [-0.2, -0.15) is 0 Å². The highest BCUT2D eigenvalue weighted by molar-refractivity contribution is 9.11. The van der Waals surface area contributed by atoms with Crippen LogP contribution in [0, 0.1) is 0 Å². The third-order valence-corrected chi connectivity index (χ3v) is 5.09. The van der Waals surface area contributed by atoms with Crippen LogP contribution in [0.1, 0.15) is 5.56 Å². The van der Waals surface area contributed by atoms with E-state index < -0.39 is 0 Å². The fourth-order valence-electron chi connectivity index (χ4n) is 1.22. The highest BCUT2D eigenvalue weighted by Crippen LogP contribution is 2.32. The van der Waals surface area contributed by atoms with Gasteiger partial charge in [0.2, 0.25) is 0 Å². The predicted molar refractivity (Wildman–Crippen MR) is 77.4 cm³/mol. The van der Waals surface area contributed by atoms with Gasteiger partial charge in [0.05, 0.1) is 8.81 Å². The average Bonchev–Trinajstić information content (AvgIpc) is 2.63. The Balaban J connectivity index is 2.04. The van der Waals surface area contributed by atoms with E-state index in [9.17, 15) is 0 Å². The fourth-order valence-corrected chi connectivity index (χ4v) is 3.73. The molecule has 5 heteroatoms. The van der Waals surface area contributed by atoms with Gasteiger partial charge in [-0.25, -0.2) is 0 Å². The van der Waals surface area contributed by atoms with Crippen molar-refractivity contribution in [2.45, 2.75) is 10.6 Å². The van der Waals surface area contributed by atoms with Crippen molar-refractivity contribution in [1.82, 2.24) is 0 Å². The standard InChI is InChI=1S/C11H9BrClNS2/c12-11-3-7(6-16-11)5-15-10-2-1-8(14)4-9(10)13/h1-4,6H,5,14H2. The van der Waals surface area contributed by atoms with E-state index in [2.05, 4.69) is 27.4 Å². The number of benzene rings is 1. The first-order valence-corrected chi connectivity index (χ1v) is 7.59. The number of hydrogen-bond donors (Lipinski definition) is 1. The summed E-state index contributed by atoms with van der Waals surface area (Å²) in [7, 11) is 0. The maximum Gasteiger partial charge on any atom is 0.0701 e. The Kier molecular flexibility index (Phi) is 4.19. The Morgan fingerprint density at radius 2 is 2.19 bits per heavy atom. The van der Waals surface area contributed by atoms with Gasteiger partial charge in [0.1, 0.15) is 0 Å². The first kappa shape index (κ1) is 12.3. The molecular weight excluding hydrogens is 326 g/mol. The summed E-state index contributed by atoms with van der Waals surface area (Å²) in [6, 6.07) is 7.75. The molecule has 1 nitrogen and oxygen atoms in total. The molecule has 0 saturated heterocycles. The summed E-state index contributed by atoms with van der Waals surface area (Å²) in [6.07, 6.45) is 0. The molecule has 0 unspecified atom stereocenters. The summed E-state index contributed by atoms with van der Waals surface area (Å²) in [5.41, 5.74) is 7.64. The maximum atomic E-state index is 6.09. The number of rotatable bonds is 3. The topological polar surface area (TPSA) is 26.0 Å². The molecule has 0 spiro atoms. The summed E-state index contributed by atoms with van der Waals surface area (Å²) >= 11 is 13.0. The molecule has 1 aromatic carbocycles. The Bertz CT molecular complexity index is 498. The third-order valence-electron chi connectivity index (χ3n) is 1.97. The highest BCUT2D eigenvalue weighted by atomic mass is 79.9. The van der Waals surface area contributed by atoms with Crippen LogP contribution < -0.4 is 5.73 Å². The van der Waals surface area contributed by atoms with Crippen LogP contribution >= 0.6 is 50.6 Å². The normalized spacial score (nSPS) is 10.6. The number of halogens is 2. The van der Waals surface area contributed by atoms with Gasteiger partial charge in [-0.05, 0) is 51.1 Å². The van der Waals surface area contributed by atoms with Crippen molar-refractivity contribution >= 4 is 56.3 Å². The second-order valence-electron chi connectivity index (χ2n) is 3.24. The van der Waals surface area contributed by atoms with Crippen LogP contribution in [0.3, 0.4) is 0 Å². The zero-order chi connectivity index (χ0) is 11.5. The quantitative estimate of drug-likeness (QED) is 0.628. The smallest absolute Gasteiger partial charge is 0.0701 e. The molecule has 0 bridgehead atoms. The second-order valence-corrected chi connectivity index (χ2v) is 6.95. The van der Waals surface area contributed by atoms with Crippen LogP contribution in [0.5, 0.6) is 0 Å². The number of anilines is 1. The van der Waals surface area contributed by atoms with Crippen molar-refractivity contribution < 1.29 is 0 Å². The molecule has 0 atom stereocenters. The lowest BCUT2D eigenvalue weighted by Crippen LogP contribution is -1.85. The molecule has 2 aromatic rings. The fraction of sp³-hybridized carbons (Fsp3) is 0.0909. The van der Waals surface area contributed by atoms with Crippen molar-refractivity contribution in [1.29, 1.82) is 0 Å². The second kappa shape index (κ2) is 5.45. The van der Waals surface area contributed by atoms with Gasteiger partial charge in [0.15, 0.2) is 0 Å². The van der Waals surface area contributed by atoms with Gasteiger partial charge < -0.3 is 5.73 Å². The van der Waals surface area contributed by atoms with E-state index in [0.29, 0.717) is 5.69 Å². The third kappa shape index (κ3) is 3.17. The van der Waals surface area contributed by atoms with E-state index in [-0.39, 0.29) is 0 Å². The first-order chi connectivity index (χ1) is 7.65. The summed E-state index contributed by atoms with van der Waals surface area (Å²) in [4.78, 5) is 1.07. The molecule has 0 amide bonds. The Morgan fingerprint density at radius 3 is 2.81 bits per heavy atom. The number of hydrogen-bond acceptors (Lipinski definition) is 3. The number of thiophene rings is 1. The number of thioether (sulfide) groups is 1. The van der Waals surface area contributed by atoms with Crippen LogP contribution in [0.25, 0.3) is 0 Å². The van der Waals surface area contributed by atoms with Crippen molar-refractivity contribution in [2.75, 3.05) is 5.73 Å². The summed E-state index contributed by atoms with van der Waals surface area (Å²) in [5.74, 6) is 0.922. The van der Waals surface area contributed by atoms with Gasteiger partial charge >= 0.3 is 0 Å². The SMILES string of the molecule is Nc1ccc(SCc2csc(Br)c2)c(Cl)c1. The van der Waals surface area contributed by atoms with Gasteiger partial charge in [0, 0.05) is 16.3 Å². The average molecular weight is 335 g/mol. The number of nitrogens with two attached hydrogens (primary N) is 1. The first-order valence-electron chi connectivity index (χ1n) is 4.56. The summed E-state index contributed by atoms with van der Waals surface area (Å²) < 4.78 is 1.16. The van der Waals surface area contributed by atoms with Crippen LogP contribution in [0.2, 0.25) is 5.02 Å². The largest absolute Gasteiger partial charge is 0.399 e. The Hall–Kier alpha value is -0.160. The Morgan fingerprint density at radius 1 is 1.38 bits per heavy atom. The lowest BCUT2D eigenvalue weighted by Gasteiger charge is -2.03. The predicted octanol–water partition coefficient (Wildman–Crippen LogP) is 5.04. The highest BCUT2D eigenvalue weighted by Gasteiger charge is 2.03. The van der Waals surface area contributed by atoms with Gasteiger partial charge in [-0.1, -0.05) is 11.6 Å². The van der Waals surface area contributed by atoms with E-state index in [4.69, 9.17) is 17.3 Å². The van der Waals surface area contributed by atoms with Crippen LogP contribution in [0.4, 0.5) is 5.69 Å². The molecule has 2 N–H and O–H groups in total. The van der Waals surface area contributed by atoms with E-state index in [1.54, 1.807) is 29.2 Å². The molecule has 0 fully saturated rings. The molecule has 2 rings (SSSR count). The van der Waals surface area contributed by atoms with Crippen molar-refractivity contribution in [2.24, 2.45) is 0 Å². The van der Waals surface area contributed by atoms with E-state index in [1.807, 2.05) is 12.1 Å². The molecule has 16 heavy (non-hydrogen) atoms. The van der Waals surface area contributed by atoms with E-state index >= 15 is 0 Å². The van der Waals surface area contributed by atoms with Crippen molar-refractivity contribution in [3.63, 3.8) is 0 Å². The lowest BCUT2D eigenvalue weighted by atomic mass is 10.3. The zero-order valence-corrected chi connectivity index (χ0v) is 12.2. The number of nitrogen functional groups attached to an aromatic ring is 1. The van der Waals surface area contributed by atoms with Gasteiger partial charge in [-0.3, -0.25) is 0 Å². The summed E-state index contributed by atoms with van der Waals surface area (Å²) in [6.45, 7) is 0. The molecule has 0 aliphatic rings. The molecule has 1 heterocycles. The van der Waals surface area contributed by atoms with E-state index in [1.165, 1.54) is 5.56 Å². The van der Waals surface area contributed by atoms with Gasteiger partial charge in [-0.15, -0.1) is 23.1 Å². The molecule has 84 valence electrons. The monoisotopic (exact) mass is 333 g/mol. The molecule has 1 aromatic heterocycles. The molecule has 0 saturated carbocycles. The molecule has 0 radical (unpaired) electrons. The molecule has 0 aliphatic heterocycles. The maximum absolute atomic E-state index is 6.09. The minimum atomic E-state index is 0.702. The Labute approximate surface area is 116 Å². The molecule has 0 aliphatic carbocycles. The van der Waals surface area contributed by atoms with Crippen LogP contribution in [0.15, 0.2) is 38.3 Å². The minimum absolute atomic E-state index is 0.702. The summed E-state index contributed by atoms with van der Waals surface area (Å²) in [5, 5.41) is 2.86. The van der Waals surface area contributed by atoms with Crippen molar-refractivity contribution in [3.8, 4) is 0 Å². The van der Waals surface area contributed by atoms with Crippen molar-refractivity contribution in [3.05, 3.63) is 44.0 Å². The lowest BCUT2D eigenvalue weighted by molar-refractivity contribution is 1.41. The zero-order valence-electron chi connectivity index (χ0n) is 8.24. The molecular formula is C11H9BrClNS2. The van der Waals surface area contributed by atoms with Crippen LogP contribution in [-0.4, -0.2) is 0 Å². The van der Waals surface area contributed by atoms with Crippen LogP contribution in [-0.2, 0) is 5.75 Å². The minimum Gasteiger partial charge on any atom is -0.399 e.